The highest BCUT2D eigenvalue weighted by molar-refractivity contribution is 6.32. The Labute approximate surface area is 154 Å². The Hall–Kier alpha value is -2.62. The summed E-state index contributed by atoms with van der Waals surface area (Å²) in [5.41, 5.74) is 0.717. The highest BCUT2D eigenvalue weighted by atomic mass is 35.5. The van der Waals surface area contributed by atoms with Gasteiger partial charge in [0.25, 0.3) is 5.91 Å². The molecule has 0 fully saturated rings. The number of nitrogens with zero attached hydrogens (tertiary/aromatic N) is 3. The molecule has 0 atom stereocenters. The molecule has 0 aliphatic carbocycles. The van der Waals surface area contributed by atoms with E-state index in [0.717, 1.165) is 0 Å². The van der Waals surface area contributed by atoms with Gasteiger partial charge in [0.2, 0.25) is 0 Å². The van der Waals surface area contributed by atoms with Gasteiger partial charge in [0, 0.05) is 12.2 Å². The minimum atomic E-state index is -0.743. The number of carbonyl (C=O) groups is 2. The number of benzene rings is 1. The molecule has 0 spiro atoms. The Morgan fingerprint density at radius 2 is 1.80 bits per heavy atom. The largest absolute Gasteiger partial charge is 0.452 e. The smallest absolute Gasteiger partial charge is 0.338 e. The highest BCUT2D eigenvalue weighted by Crippen LogP contribution is 2.17. The molecule has 0 N–H and O–H groups in total. The van der Waals surface area contributed by atoms with Gasteiger partial charge in [0.05, 0.1) is 18.1 Å². The van der Waals surface area contributed by atoms with Crippen LogP contribution in [0.5, 0.6) is 0 Å². The van der Waals surface area contributed by atoms with E-state index in [2.05, 4.69) is 4.98 Å². The Morgan fingerprint density at radius 1 is 1.16 bits per heavy atom. The van der Waals surface area contributed by atoms with Gasteiger partial charge in [0.1, 0.15) is 10.3 Å². The standard InChI is InChI=1S/C17H13Cl2N3O3/c18-14-9-12(10-15(19)21-14)17(24)25-11-16(23)22(8-4-7-20)13-5-2-1-3-6-13/h1-3,5-6,9-10H,4,8,11H2. The van der Waals surface area contributed by atoms with Crippen molar-refractivity contribution < 1.29 is 14.3 Å². The minimum Gasteiger partial charge on any atom is -0.452 e. The first-order valence-corrected chi connectivity index (χ1v) is 7.99. The predicted octanol–water partition coefficient (Wildman–Crippen LogP) is 3.49. The summed E-state index contributed by atoms with van der Waals surface area (Å²) in [7, 11) is 0. The molecule has 0 radical (unpaired) electrons. The Balaban J connectivity index is 2.05. The first-order chi connectivity index (χ1) is 12.0. The van der Waals surface area contributed by atoms with E-state index in [1.165, 1.54) is 17.0 Å². The van der Waals surface area contributed by atoms with E-state index in [0.29, 0.717) is 5.69 Å². The lowest BCUT2D eigenvalue weighted by Gasteiger charge is -2.21. The average Bonchev–Trinajstić information content (AvgIpc) is 2.60. The summed E-state index contributed by atoms with van der Waals surface area (Å²) in [4.78, 5) is 29.6. The maximum atomic E-state index is 12.4. The van der Waals surface area contributed by atoms with E-state index in [1.807, 2.05) is 12.1 Å². The summed E-state index contributed by atoms with van der Waals surface area (Å²) in [6.07, 6.45) is 0.157. The second kappa shape index (κ2) is 9.02. The number of hydrogen-bond acceptors (Lipinski definition) is 5. The third-order valence-corrected chi connectivity index (χ3v) is 3.53. The molecule has 0 unspecified atom stereocenters. The second-order valence-corrected chi connectivity index (χ2v) is 5.64. The summed E-state index contributed by atoms with van der Waals surface area (Å²) in [6.45, 7) is -0.277. The molecule has 1 amide bonds. The van der Waals surface area contributed by atoms with Crippen LogP contribution in [0.15, 0.2) is 42.5 Å². The first-order valence-electron chi connectivity index (χ1n) is 7.24. The molecular formula is C17H13Cl2N3O3. The van der Waals surface area contributed by atoms with Gasteiger partial charge >= 0.3 is 5.97 Å². The molecule has 8 heteroatoms. The number of aromatic nitrogens is 1. The van der Waals surface area contributed by atoms with Crippen molar-refractivity contribution in [1.29, 1.82) is 5.26 Å². The zero-order valence-corrected chi connectivity index (χ0v) is 14.5. The molecule has 2 aromatic rings. The fourth-order valence-electron chi connectivity index (χ4n) is 2.04. The van der Waals surface area contributed by atoms with Gasteiger partial charge in [-0.1, -0.05) is 41.4 Å². The SMILES string of the molecule is N#CCCN(C(=O)COC(=O)c1cc(Cl)nc(Cl)c1)c1ccccc1. The molecule has 1 heterocycles. The second-order valence-electron chi connectivity index (χ2n) is 4.87. The first kappa shape index (κ1) is 18.7. The quantitative estimate of drug-likeness (QED) is 0.568. The van der Waals surface area contributed by atoms with Crippen LogP contribution in [-0.4, -0.2) is 30.0 Å². The molecule has 25 heavy (non-hydrogen) atoms. The fraction of sp³-hybridized carbons (Fsp3) is 0.176. The van der Waals surface area contributed by atoms with Crippen LogP contribution in [0.3, 0.4) is 0 Å². The zero-order valence-electron chi connectivity index (χ0n) is 13.0. The van der Waals surface area contributed by atoms with Crippen molar-refractivity contribution >= 4 is 40.8 Å². The minimum absolute atomic E-state index is 0.0470. The molecule has 0 saturated heterocycles. The van der Waals surface area contributed by atoms with Crippen LogP contribution in [0.25, 0.3) is 0 Å². The van der Waals surface area contributed by atoms with E-state index in [1.54, 1.807) is 24.3 Å². The Bertz CT molecular complexity index is 786. The van der Waals surface area contributed by atoms with E-state index in [9.17, 15) is 9.59 Å². The molecule has 1 aromatic heterocycles. The van der Waals surface area contributed by atoms with Crippen LogP contribution < -0.4 is 4.90 Å². The third-order valence-electron chi connectivity index (χ3n) is 3.14. The van der Waals surface area contributed by atoms with E-state index in [4.69, 9.17) is 33.2 Å². The topological polar surface area (TPSA) is 83.3 Å². The summed E-state index contributed by atoms with van der Waals surface area (Å²) in [5, 5.41) is 8.85. The predicted molar refractivity (Wildman–Crippen MR) is 93.6 cm³/mol. The monoisotopic (exact) mass is 377 g/mol. The van der Waals surface area contributed by atoms with Gasteiger partial charge < -0.3 is 9.64 Å². The lowest BCUT2D eigenvalue weighted by atomic mass is 10.2. The summed E-state index contributed by atoms with van der Waals surface area (Å²) >= 11 is 11.5. The molecular weight excluding hydrogens is 365 g/mol. The van der Waals surface area contributed by atoms with Gasteiger partial charge in [-0.2, -0.15) is 5.26 Å². The van der Waals surface area contributed by atoms with Crippen LogP contribution in [0.2, 0.25) is 10.3 Å². The molecule has 0 bridgehead atoms. The van der Waals surface area contributed by atoms with Crippen molar-refractivity contribution in [3.8, 4) is 6.07 Å². The number of halogens is 2. The number of amides is 1. The van der Waals surface area contributed by atoms with E-state index < -0.39 is 18.5 Å². The number of esters is 1. The number of rotatable bonds is 6. The number of para-hydroxylation sites is 1. The number of anilines is 1. The summed E-state index contributed by atoms with van der Waals surface area (Å²) < 4.78 is 5.02. The van der Waals surface area contributed by atoms with E-state index in [-0.39, 0.29) is 28.8 Å². The lowest BCUT2D eigenvalue weighted by Crippen LogP contribution is -2.35. The van der Waals surface area contributed by atoms with Crippen molar-refractivity contribution in [1.82, 2.24) is 4.98 Å². The molecule has 0 aliphatic heterocycles. The fourth-order valence-corrected chi connectivity index (χ4v) is 2.50. The van der Waals surface area contributed by atoms with Crippen LogP contribution >= 0.6 is 23.2 Å². The van der Waals surface area contributed by atoms with Gasteiger partial charge in [-0.05, 0) is 24.3 Å². The van der Waals surface area contributed by atoms with Gasteiger partial charge in [-0.25, -0.2) is 9.78 Å². The molecule has 0 saturated carbocycles. The highest BCUT2D eigenvalue weighted by Gasteiger charge is 2.18. The van der Waals surface area contributed by atoms with Gasteiger partial charge in [-0.3, -0.25) is 4.79 Å². The van der Waals surface area contributed by atoms with Crippen molar-refractivity contribution in [3.05, 3.63) is 58.3 Å². The normalized spacial score (nSPS) is 9.96. The maximum absolute atomic E-state index is 12.4. The van der Waals surface area contributed by atoms with Crippen molar-refractivity contribution in [3.63, 3.8) is 0 Å². The molecule has 1 aromatic carbocycles. The van der Waals surface area contributed by atoms with Crippen LogP contribution in [0.1, 0.15) is 16.8 Å². The molecule has 128 valence electrons. The number of pyridine rings is 1. The summed E-state index contributed by atoms with van der Waals surface area (Å²) in [6, 6.07) is 13.4. The number of nitriles is 1. The van der Waals surface area contributed by atoms with Crippen molar-refractivity contribution in [2.24, 2.45) is 0 Å². The van der Waals surface area contributed by atoms with Gasteiger partial charge in [-0.15, -0.1) is 0 Å². The maximum Gasteiger partial charge on any atom is 0.338 e. The molecule has 2 rings (SSSR count). The van der Waals surface area contributed by atoms with Crippen molar-refractivity contribution in [2.45, 2.75) is 6.42 Å². The zero-order chi connectivity index (χ0) is 18.2. The number of carbonyl (C=O) groups excluding carboxylic acids is 2. The Kier molecular flexibility index (Phi) is 6.75. The van der Waals surface area contributed by atoms with Crippen LogP contribution in [0, 0.1) is 11.3 Å². The van der Waals surface area contributed by atoms with Gasteiger partial charge in [0.15, 0.2) is 6.61 Å². The summed E-state index contributed by atoms with van der Waals surface area (Å²) in [5.74, 6) is -1.19. The van der Waals surface area contributed by atoms with Crippen LogP contribution in [-0.2, 0) is 9.53 Å². The molecule has 6 nitrogen and oxygen atoms in total. The molecule has 0 aliphatic rings. The number of ether oxygens (including phenoxy) is 1. The van der Waals surface area contributed by atoms with Crippen LogP contribution in [0.4, 0.5) is 5.69 Å². The lowest BCUT2D eigenvalue weighted by molar-refractivity contribution is -0.121. The average molecular weight is 378 g/mol. The number of hydrogen-bond donors (Lipinski definition) is 0. The third kappa shape index (κ3) is 5.45. The van der Waals surface area contributed by atoms with Crippen molar-refractivity contribution in [2.75, 3.05) is 18.1 Å². The Morgan fingerprint density at radius 3 is 2.40 bits per heavy atom. The van der Waals surface area contributed by atoms with E-state index >= 15 is 0 Å².